The Kier molecular flexibility index (Phi) is 3.76. The largest absolute Gasteiger partial charge is 0.396 e. The first-order valence-corrected chi connectivity index (χ1v) is 7.18. The van der Waals surface area contributed by atoms with Crippen LogP contribution in [0.3, 0.4) is 0 Å². The monoisotopic (exact) mass is 261 g/mol. The van der Waals surface area contributed by atoms with E-state index in [9.17, 15) is 5.11 Å². The molecule has 1 atom stereocenters. The third kappa shape index (κ3) is 2.85. The lowest BCUT2D eigenvalue weighted by atomic mass is 9.84. The standard InChI is InChI=1S/C17H27NO/c1-16(2,3)14-8-6-13(7-9-14)15(18(4)5)17(12-19)10-11-17/h6-9,15,19H,10-12H2,1-5H3. The van der Waals surface area contributed by atoms with Gasteiger partial charge in [0.25, 0.3) is 0 Å². The van der Waals surface area contributed by atoms with Crippen LogP contribution in [-0.4, -0.2) is 30.7 Å². The van der Waals surface area contributed by atoms with E-state index in [1.54, 1.807) is 0 Å². The van der Waals surface area contributed by atoms with Crippen LogP contribution in [0.5, 0.6) is 0 Å². The lowest BCUT2D eigenvalue weighted by Gasteiger charge is -2.32. The van der Waals surface area contributed by atoms with Crippen molar-refractivity contribution in [3.63, 3.8) is 0 Å². The predicted octanol–water partition coefficient (Wildman–Crippen LogP) is 3.36. The van der Waals surface area contributed by atoms with Crippen LogP contribution in [0, 0.1) is 5.41 Å². The van der Waals surface area contributed by atoms with E-state index < -0.39 is 0 Å². The summed E-state index contributed by atoms with van der Waals surface area (Å²) < 4.78 is 0. The molecule has 1 N–H and O–H groups in total. The van der Waals surface area contributed by atoms with Gasteiger partial charge in [0.2, 0.25) is 0 Å². The van der Waals surface area contributed by atoms with E-state index in [0.717, 1.165) is 12.8 Å². The van der Waals surface area contributed by atoms with E-state index in [1.807, 2.05) is 0 Å². The van der Waals surface area contributed by atoms with Gasteiger partial charge in [-0.15, -0.1) is 0 Å². The summed E-state index contributed by atoms with van der Waals surface area (Å²) in [5.41, 5.74) is 2.97. The highest BCUT2D eigenvalue weighted by atomic mass is 16.3. The SMILES string of the molecule is CN(C)C(c1ccc(C(C)(C)C)cc1)C1(CO)CC1. The average molecular weight is 261 g/mol. The van der Waals surface area contributed by atoms with Gasteiger partial charge in [-0.3, -0.25) is 0 Å². The second kappa shape index (κ2) is 4.92. The summed E-state index contributed by atoms with van der Waals surface area (Å²) in [6.45, 7) is 7.00. The zero-order chi connectivity index (χ0) is 14.3. The van der Waals surface area contributed by atoms with Crippen molar-refractivity contribution in [2.75, 3.05) is 20.7 Å². The molecule has 0 bridgehead atoms. The van der Waals surface area contributed by atoms with Crippen LogP contribution in [0.25, 0.3) is 0 Å². The van der Waals surface area contributed by atoms with Crippen LogP contribution in [0.15, 0.2) is 24.3 Å². The Morgan fingerprint density at radius 3 is 2.00 bits per heavy atom. The summed E-state index contributed by atoms with van der Waals surface area (Å²) in [5.74, 6) is 0. The average Bonchev–Trinajstić information content (AvgIpc) is 3.09. The smallest absolute Gasteiger partial charge is 0.0505 e. The van der Waals surface area contributed by atoms with Crippen molar-refractivity contribution in [3.05, 3.63) is 35.4 Å². The van der Waals surface area contributed by atoms with Gasteiger partial charge in [-0.1, -0.05) is 45.0 Å². The molecule has 1 aromatic carbocycles. The van der Waals surface area contributed by atoms with Crippen LogP contribution >= 0.6 is 0 Å². The first-order valence-electron chi connectivity index (χ1n) is 7.18. The normalized spacial score (nSPS) is 19.5. The number of hydrogen-bond donors (Lipinski definition) is 1. The zero-order valence-corrected chi connectivity index (χ0v) is 12.9. The maximum Gasteiger partial charge on any atom is 0.0505 e. The van der Waals surface area contributed by atoms with Crippen molar-refractivity contribution < 1.29 is 5.11 Å². The Hall–Kier alpha value is -0.860. The van der Waals surface area contributed by atoms with Gasteiger partial charge in [-0.05, 0) is 43.5 Å². The molecule has 1 saturated carbocycles. The Bertz CT molecular complexity index is 424. The van der Waals surface area contributed by atoms with Gasteiger partial charge in [0.05, 0.1) is 6.61 Å². The van der Waals surface area contributed by atoms with Gasteiger partial charge in [-0.25, -0.2) is 0 Å². The number of nitrogens with zero attached hydrogens (tertiary/aromatic N) is 1. The minimum absolute atomic E-state index is 0.0900. The van der Waals surface area contributed by atoms with Crippen LogP contribution in [-0.2, 0) is 5.41 Å². The van der Waals surface area contributed by atoms with Crippen molar-refractivity contribution >= 4 is 0 Å². The van der Waals surface area contributed by atoms with E-state index in [1.165, 1.54) is 11.1 Å². The molecular formula is C17H27NO. The quantitative estimate of drug-likeness (QED) is 0.898. The predicted molar refractivity (Wildman–Crippen MR) is 80.3 cm³/mol. The third-order valence-corrected chi connectivity index (χ3v) is 4.40. The summed E-state index contributed by atoms with van der Waals surface area (Å²) >= 11 is 0. The molecule has 19 heavy (non-hydrogen) atoms. The van der Waals surface area contributed by atoms with Gasteiger partial charge in [-0.2, -0.15) is 0 Å². The minimum Gasteiger partial charge on any atom is -0.396 e. The molecule has 0 amide bonds. The van der Waals surface area contributed by atoms with Crippen LogP contribution in [0.4, 0.5) is 0 Å². The molecule has 106 valence electrons. The fourth-order valence-electron chi connectivity index (χ4n) is 3.04. The van der Waals surface area contributed by atoms with E-state index in [2.05, 4.69) is 64.0 Å². The Morgan fingerprint density at radius 1 is 1.16 bits per heavy atom. The molecule has 1 aliphatic rings. The second-order valence-corrected chi connectivity index (χ2v) is 7.26. The number of benzene rings is 1. The Labute approximate surface area is 117 Å². The maximum atomic E-state index is 9.69. The number of aliphatic hydroxyl groups is 1. The lowest BCUT2D eigenvalue weighted by Crippen LogP contribution is -2.31. The first kappa shape index (κ1) is 14.5. The summed E-state index contributed by atoms with van der Waals surface area (Å²) in [6.07, 6.45) is 2.26. The van der Waals surface area contributed by atoms with Crippen molar-refractivity contribution in [2.24, 2.45) is 5.41 Å². The fourth-order valence-corrected chi connectivity index (χ4v) is 3.04. The molecule has 0 radical (unpaired) electrons. The summed E-state index contributed by atoms with van der Waals surface area (Å²) in [6, 6.07) is 9.27. The van der Waals surface area contributed by atoms with Gasteiger partial charge < -0.3 is 10.0 Å². The Balaban J connectivity index is 2.29. The molecule has 1 fully saturated rings. The van der Waals surface area contributed by atoms with Crippen molar-refractivity contribution in [1.82, 2.24) is 4.90 Å². The molecular weight excluding hydrogens is 234 g/mol. The second-order valence-electron chi connectivity index (χ2n) is 7.26. The maximum absolute atomic E-state index is 9.69. The topological polar surface area (TPSA) is 23.5 Å². The summed E-state index contributed by atoms with van der Waals surface area (Å²) in [5, 5.41) is 9.69. The molecule has 1 aromatic rings. The van der Waals surface area contributed by atoms with Gasteiger partial charge in [0.1, 0.15) is 0 Å². The molecule has 1 aliphatic carbocycles. The van der Waals surface area contributed by atoms with Crippen LogP contribution < -0.4 is 0 Å². The number of aliphatic hydroxyl groups excluding tert-OH is 1. The molecule has 2 rings (SSSR count). The van der Waals surface area contributed by atoms with E-state index in [0.29, 0.717) is 6.04 Å². The molecule has 2 nitrogen and oxygen atoms in total. The highest BCUT2D eigenvalue weighted by molar-refractivity contribution is 5.31. The van der Waals surface area contributed by atoms with E-state index in [4.69, 9.17) is 0 Å². The van der Waals surface area contributed by atoms with Crippen molar-refractivity contribution in [1.29, 1.82) is 0 Å². The van der Waals surface area contributed by atoms with Crippen molar-refractivity contribution in [2.45, 2.75) is 45.1 Å². The third-order valence-electron chi connectivity index (χ3n) is 4.40. The molecule has 0 spiro atoms. The minimum atomic E-state index is 0.0900. The Morgan fingerprint density at radius 2 is 1.68 bits per heavy atom. The molecule has 1 unspecified atom stereocenters. The molecule has 0 aromatic heterocycles. The number of rotatable bonds is 4. The van der Waals surface area contributed by atoms with Gasteiger partial charge in [0.15, 0.2) is 0 Å². The van der Waals surface area contributed by atoms with Crippen molar-refractivity contribution in [3.8, 4) is 0 Å². The van der Waals surface area contributed by atoms with Crippen LogP contribution in [0.2, 0.25) is 0 Å². The lowest BCUT2D eigenvalue weighted by molar-refractivity contribution is 0.115. The zero-order valence-electron chi connectivity index (χ0n) is 12.9. The molecule has 2 heteroatoms. The summed E-state index contributed by atoms with van der Waals surface area (Å²) in [7, 11) is 4.22. The van der Waals surface area contributed by atoms with E-state index >= 15 is 0 Å². The first-order chi connectivity index (χ1) is 8.80. The molecule has 0 saturated heterocycles. The van der Waals surface area contributed by atoms with Gasteiger partial charge in [0, 0.05) is 11.5 Å². The summed E-state index contributed by atoms with van der Waals surface area (Å²) in [4.78, 5) is 2.25. The van der Waals surface area contributed by atoms with Crippen LogP contribution in [0.1, 0.15) is 50.8 Å². The highest BCUT2D eigenvalue weighted by Crippen LogP contribution is 2.56. The fraction of sp³-hybridized carbons (Fsp3) is 0.647. The molecule has 0 heterocycles. The highest BCUT2D eigenvalue weighted by Gasteiger charge is 2.50. The molecule has 0 aliphatic heterocycles. The van der Waals surface area contributed by atoms with Gasteiger partial charge >= 0.3 is 0 Å². The number of hydrogen-bond acceptors (Lipinski definition) is 2. The van der Waals surface area contributed by atoms with E-state index in [-0.39, 0.29) is 17.4 Å².